The van der Waals surface area contributed by atoms with Crippen LogP contribution in [-0.2, 0) is 36.8 Å². The number of hydrogen-bond donors (Lipinski definition) is 7. The van der Waals surface area contributed by atoms with Gasteiger partial charge in [-0.1, -0.05) is 73.5 Å². The van der Waals surface area contributed by atoms with Gasteiger partial charge in [0, 0.05) is 19.5 Å². The zero-order valence-corrected chi connectivity index (χ0v) is 28.7. The van der Waals surface area contributed by atoms with E-state index in [0.717, 1.165) is 30.4 Å². The number of nitrogens with two attached hydrogens (primary N) is 3. The molecule has 2 aromatic carbocycles. The lowest BCUT2D eigenvalue weighted by Crippen LogP contribution is -2.60. The average molecular weight is 692 g/mol. The summed E-state index contributed by atoms with van der Waals surface area (Å²) in [6.07, 6.45) is 5.45. The second-order valence-corrected chi connectivity index (χ2v) is 13.8. The molecule has 13 nitrogen and oxygen atoms in total. The van der Waals surface area contributed by atoms with E-state index < -0.39 is 53.4 Å². The number of carbonyl (C=O) groups excluding carboxylic acids is 4. The summed E-state index contributed by atoms with van der Waals surface area (Å²) in [5.41, 5.74) is 18.3. The first-order valence-corrected chi connectivity index (χ1v) is 17.7. The Balaban J connectivity index is 1.48. The minimum Gasteiger partial charge on any atom is -0.480 e. The first kappa shape index (κ1) is 38.5. The summed E-state index contributed by atoms with van der Waals surface area (Å²) >= 11 is 0. The number of unbranched alkanes of at least 4 members (excludes halogenated alkanes) is 1. The van der Waals surface area contributed by atoms with Gasteiger partial charge in [-0.3, -0.25) is 24.0 Å². The molecule has 4 rings (SSSR count). The minimum atomic E-state index is -1.40. The molecule has 0 spiro atoms. The third-order valence-corrected chi connectivity index (χ3v) is 9.70. The third kappa shape index (κ3) is 11.6. The zero-order chi connectivity index (χ0) is 36.1. The fourth-order valence-corrected chi connectivity index (χ4v) is 6.23. The molecule has 0 radical (unpaired) electrons. The van der Waals surface area contributed by atoms with Gasteiger partial charge in [0.15, 0.2) is 0 Å². The highest BCUT2D eigenvalue weighted by Crippen LogP contribution is 2.34. The molecule has 2 aromatic rings. The number of carboxylic acid groups (broad SMARTS) is 1. The topological polar surface area (TPSA) is 223 Å². The molecule has 1 saturated heterocycles. The van der Waals surface area contributed by atoms with Gasteiger partial charge < -0.3 is 43.2 Å². The van der Waals surface area contributed by atoms with Crippen LogP contribution in [0.25, 0.3) is 0 Å². The van der Waals surface area contributed by atoms with Crippen LogP contribution in [0.1, 0.15) is 68.9 Å². The lowest BCUT2D eigenvalue weighted by atomic mass is 9.88. The largest absolute Gasteiger partial charge is 0.480 e. The van der Waals surface area contributed by atoms with Crippen LogP contribution in [0.15, 0.2) is 60.7 Å². The molecule has 1 aliphatic heterocycles. The number of nitrogens with zero attached hydrogens (tertiary/aromatic N) is 1. The molecule has 0 bridgehead atoms. The van der Waals surface area contributed by atoms with Gasteiger partial charge in [-0.05, 0) is 75.0 Å². The van der Waals surface area contributed by atoms with Gasteiger partial charge in [-0.25, -0.2) is 0 Å². The maximum absolute atomic E-state index is 13.9. The van der Waals surface area contributed by atoms with Crippen molar-refractivity contribution in [3.63, 3.8) is 0 Å². The fourth-order valence-electron chi connectivity index (χ4n) is 6.23. The van der Waals surface area contributed by atoms with E-state index in [0.29, 0.717) is 38.1 Å². The first-order valence-electron chi connectivity index (χ1n) is 17.7. The standard InChI is InChI=1S/C37H53N7O6/c38-20-8-7-13-30(35(48)44-21-18-37(40,19-22-44)36(49)50)42-33(46)29(17-16-25-14-15-25)41-34(47)31(24-27-11-5-2-6-12-27)43-32(45)28(39)23-26-9-3-1-4-10-26/h1-6,9-12,25,28-31H,7-8,13-24,38-40H2,(H,41,47)(H,42,46)(H,43,45)(H,49,50). The number of aliphatic carboxylic acids is 1. The lowest BCUT2D eigenvalue weighted by Gasteiger charge is -2.38. The van der Waals surface area contributed by atoms with Crippen molar-refractivity contribution in [2.75, 3.05) is 19.6 Å². The van der Waals surface area contributed by atoms with Crippen LogP contribution < -0.4 is 33.2 Å². The SMILES string of the molecule is NCCCCC(NC(=O)C(CCC1CC1)NC(=O)C(Cc1ccccc1)NC(=O)C(N)Cc1ccccc1)C(=O)N1CCC(N)(C(=O)O)CC1. The molecular weight excluding hydrogens is 638 g/mol. The molecule has 1 aliphatic carbocycles. The quantitative estimate of drug-likeness (QED) is 0.104. The van der Waals surface area contributed by atoms with Crippen molar-refractivity contribution in [1.82, 2.24) is 20.9 Å². The predicted octanol–water partition coefficient (Wildman–Crippen LogP) is 0.977. The molecule has 10 N–H and O–H groups in total. The maximum atomic E-state index is 13.9. The van der Waals surface area contributed by atoms with E-state index in [1.54, 1.807) is 4.90 Å². The minimum absolute atomic E-state index is 0.0984. The Morgan fingerprint density at radius 2 is 1.30 bits per heavy atom. The van der Waals surface area contributed by atoms with E-state index in [1.165, 1.54) is 0 Å². The monoisotopic (exact) mass is 691 g/mol. The van der Waals surface area contributed by atoms with Crippen LogP contribution in [0.2, 0.25) is 0 Å². The van der Waals surface area contributed by atoms with Gasteiger partial charge in [0.1, 0.15) is 23.7 Å². The highest BCUT2D eigenvalue weighted by Gasteiger charge is 2.40. The van der Waals surface area contributed by atoms with Crippen molar-refractivity contribution >= 4 is 29.6 Å². The van der Waals surface area contributed by atoms with E-state index in [4.69, 9.17) is 17.2 Å². The van der Waals surface area contributed by atoms with Crippen LogP contribution in [0, 0.1) is 5.92 Å². The van der Waals surface area contributed by atoms with E-state index in [9.17, 15) is 29.1 Å². The molecule has 0 aromatic heterocycles. The van der Waals surface area contributed by atoms with Gasteiger partial charge in [0.05, 0.1) is 6.04 Å². The van der Waals surface area contributed by atoms with E-state index >= 15 is 0 Å². The average Bonchev–Trinajstić information content (AvgIpc) is 3.95. The number of rotatable bonds is 19. The van der Waals surface area contributed by atoms with Crippen LogP contribution in [0.4, 0.5) is 0 Å². The highest BCUT2D eigenvalue weighted by atomic mass is 16.4. The summed E-state index contributed by atoms with van der Waals surface area (Å²) in [7, 11) is 0. The van der Waals surface area contributed by atoms with Gasteiger partial charge >= 0.3 is 5.97 Å². The Morgan fingerprint density at radius 1 is 0.760 bits per heavy atom. The normalized spacial score (nSPS) is 17.9. The molecule has 4 atom stereocenters. The predicted molar refractivity (Wildman–Crippen MR) is 189 cm³/mol. The second-order valence-electron chi connectivity index (χ2n) is 13.8. The van der Waals surface area contributed by atoms with E-state index in [-0.39, 0.29) is 44.7 Å². The van der Waals surface area contributed by atoms with Crippen LogP contribution in [-0.4, -0.2) is 88.9 Å². The molecule has 4 unspecified atom stereocenters. The van der Waals surface area contributed by atoms with Crippen molar-refractivity contribution in [2.45, 2.75) is 100 Å². The number of carbonyl (C=O) groups is 5. The van der Waals surface area contributed by atoms with E-state index in [1.807, 2.05) is 60.7 Å². The molecule has 4 amide bonds. The van der Waals surface area contributed by atoms with Gasteiger partial charge in [-0.15, -0.1) is 0 Å². The van der Waals surface area contributed by atoms with Crippen LogP contribution >= 0.6 is 0 Å². The summed E-state index contributed by atoms with van der Waals surface area (Å²) in [6, 6.07) is 14.9. The second kappa shape index (κ2) is 18.6. The van der Waals surface area contributed by atoms with Crippen molar-refractivity contribution in [3.8, 4) is 0 Å². The number of likely N-dealkylation sites (tertiary alicyclic amines) is 1. The smallest absolute Gasteiger partial charge is 0.323 e. The van der Waals surface area contributed by atoms with E-state index in [2.05, 4.69) is 16.0 Å². The summed E-state index contributed by atoms with van der Waals surface area (Å²) in [5.74, 6) is -2.46. The molecule has 1 saturated carbocycles. The number of benzene rings is 2. The third-order valence-electron chi connectivity index (χ3n) is 9.70. The van der Waals surface area contributed by atoms with Crippen molar-refractivity contribution < 1.29 is 29.1 Å². The van der Waals surface area contributed by atoms with Crippen LogP contribution in [0.3, 0.4) is 0 Å². The number of carboxylic acids is 1. The first-order chi connectivity index (χ1) is 24.0. The van der Waals surface area contributed by atoms with Gasteiger partial charge in [0.2, 0.25) is 23.6 Å². The number of piperidine rings is 1. The Bertz CT molecular complexity index is 1430. The van der Waals surface area contributed by atoms with Crippen molar-refractivity contribution in [1.29, 1.82) is 0 Å². The van der Waals surface area contributed by atoms with Crippen LogP contribution in [0.5, 0.6) is 0 Å². The molecular formula is C37H53N7O6. The fraction of sp³-hybridized carbons (Fsp3) is 0.541. The van der Waals surface area contributed by atoms with Crippen molar-refractivity contribution in [2.24, 2.45) is 23.1 Å². The molecule has 50 heavy (non-hydrogen) atoms. The summed E-state index contributed by atoms with van der Waals surface area (Å²) in [5, 5.41) is 18.1. The molecule has 13 heteroatoms. The Morgan fingerprint density at radius 3 is 1.86 bits per heavy atom. The summed E-state index contributed by atoms with van der Waals surface area (Å²) in [4.78, 5) is 68.0. The number of nitrogens with one attached hydrogen (secondary N) is 3. The Kier molecular flexibility index (Phi) is 14.3. The number of hydrogen-bond acceptors (Lipinski definition) is 8. The van der Waals surface area contributed by atoms with Gasteiger partial charge in [-0.2, -0.15) is 0 Å². The zero-order valence-electron chi connectivity index (χ0n) is 28.7. The molecule has 2 fully saturated rings. The number of amides is 4. The van der Waals surface area contributed by atoms with Gasteiger partial charge in [0.25, 0.3) is 0 Å². The summed E-state index contributed by atoms with van der Waals surface area (Å²) in [6.45, 7) is 0.733. The summed E-state index contributed by atoms with van der Waals surface area (Å²) < 4.78 is 0. The molecule has 272 valence electrons. The Labute approximate surface area is 294 Å². The Hall–Kier alpha value is -4.33. The molecule has 1 heterocycles. The lowest BCUT2D eigenvalue weighted by molar-refractivity contribution is -0.148. The highest BCUT2D eigenvalue weighted by molar-refractivity contribution is 5.95. The van der Waals surface area contributed by atoms with Crippen molar-refractivity contribution in [3.05, 3.63) is 71.8 Å². The molecule has 2 aliphatic rings. The maximum Gasteiger partial charge on any atom is 0.323 e.